The summed E-state index contributed by atoms with van der Waals surface area (Å²) in [6, 6.07) is 5.50. The van der Waals surface area contributed by atoms with Crippen molar-refractivity contribution in [1.29, 1.82) is 0 Å². The van der Waals surface area contributed by atoms with Crippen LogP contribution in [0.3, 0.4) is 0 Å². The van der Waals surface area contributed by atoms with Crippen LogP contribution in [-0.2, 0) is 0 Å². The molecule has 0 aliphatic carbocycles. The van der Waals surface area contributed by atoms with E-state index in [2.05, 4.69) is 30.6 Å². The Bertz CT molecular complexity index is 252. The van der Waals surface area contributed by atoms with Gasteiger partial charge in [-0.25, -0.2) is 0 Å². The Hall–Kier alpha value is -2.31. The third-order valence-electron chi connectivity index (χ3n) is 1.22. The van der Waals surface area contributed by atoms with Crippen molar-refractivity contribution in [2.75, 3.05) is 0 Å². The van der Waals surface area contributed by atoms with Crippen molar-refractivity contribution in [2.45, 2.75) is 0 Å². The minimum Gasteiger partial charge on any atom is -0.286 e. The molecule has 6 nitrogen and oxygen atoms in total. The summed E-state index contributed by atoms with van der Waals surface area (Å²) in [7, 11) is 0. The van der Waals surface area contributed by atoms with Crippen LogP contribution >= 0.6 is 0 Å². The fraction of sp³-hybridized carbons (Fsp3) is 0. The fourth-order valence-corrected chi connectivity index (χ4v) is 0.645. The number of rotatable bonds is 0. The Morgan fingerprint density at radius 1 is 0.562 bits per heavy atom. The fourth-order valence-electron chi connectivity index (χ4n) is 0.645. The first-order valence-electron chi connectivity index (χ1n) is 4.31. The number of nitrogens with one attached hydrogen (secondary N) is 3. The summed E-state index contributed by atoms with van der Waals surface area (Å²) < 4.78 is 0. The molecule has 0 bridgehead atoms. The van der Waals surface area contributed by atoms with Gasteiger partial charge < -0.3 is 0 Å². The van der Waals surface area contributed by atoms with E-state index in [0.717, 1.165) is 0 Å². The van der Waals surface area contributed by atoms with E-state index < -0.39 is 0 Å². The van der Waals surface area contributed by atoms with Crippen LogP contribution in [0, 0.1) is 0 Å². The molecule has 3 rings (SSSR count). The van der Waals surface area contributed by atoms with Gasteiger partial charge in [0.1, 0.15) is 0 Å². The van der Waals surface area contributed by atoms with E-state index in [9.17, 15) is 0 Å². The summed E-state index contributed by atoms with van der Waals surface area (Å²) in [5, 5.41) is 18.6. The van der Waals surface area contributed by atoms with Gasteiger partial charge >= 0.3 is 0 Å². The molecule has 0 radical (unpaired) electrons. The molecule has 84 valence electrons. The van der Waals surface area contributed by atoms with Crippen LogP contribution in [0.1, 0.15) is 0 Å². The minimum absolute atomic E-state index is 0. The van der Waals surface area contributed by atoms with E-state index in [1.165, 1.54) is 0 Å². The highest BCUT2D eigenvalue weighted by atomic mass is 15.1. The van der Waals surface area contributed by atoms with Crippen LogP contribution in [-0.4, -0.2) is 39.0 Å². The number of H-pyrrole nitrogens is 3. The largest absolute Gasteiger partial charge is 0.286 e. The zero-order valence-corrected chi connectivity index (χ0v) is 8.04. The normalized spacial score (nSPS) is 7.50. The van der Waals surface area contributed by atoms with Crippen LogP contribution < -0.4 is 0 Å². The topological polar surface area (TPSA) is 86.0 Å². The third-order valence-corrected chi connectivity index (χ3v) is 1.22. The molecule has 3 N–H and O–H groups in total. The standard InChI is InChI=1S/3C3H4N2.BH3/c3*1-2-4-5-3-1;/h3*1-3H,(H,4,5);1H3. The molecule has 0 aliphatic rings. The number of hydrogen-bond donors (Lipinski definition) is 3. The van der Waals surface area contributed by atoms with Crippen molar-refractivity contribution in [3.63, 3.8) is 0 Å². The average Bonchev–Trinajstić information content (AvgIpc) is 3.09. The number of aromatic amines is 3. The molecule has 0 atom stereocenters. The Morgan fingerprint density at radius 3 is 0.938 bits per heavy atom. The predicted molar refractivity (Wildman–Crippen MR) is 65.7 cm³/mol. The van der Waals surface area contributed by atoms with Gasteiger partial charge in [-0.05, 0) is 18.2 Å². The van der Waals surface area contributed by atoms with Gasteiger partial charge in [0.15, 0.2) is 0 Å². The van der Waals surface area contributed by atoms with Gasteiger partial charge in [-0.15, -0.1) is 0 Å². The van der Waals surface area contributed by atoms with Gasteiger partial charge in [0, 0.05) is 37.2 Å². The first-order chi connectivity index (χ1) is 7.50. The van der Waals surface area contributed by atoms with E-state index in [-0.39, 0.29) is 8.41 Å². The molecule has 0 aromatic carbocycles. The highest BCUT2D eigenvalue weighted by molar-refractivity contribution is 5.75. The molecule has 0 saturated carbocycles. The van der Waals surface area contributed by atoms with E-state index in [1.54, 1.807) is 37.2 Å². The van der Waals surface area contributed by atoms with Crippen LogP contribution in [0.25, 0.3) is 0 Å². The first kappa shape index (κ1) is 13.7. The quantitative estimate of drug-likeness (QED) is 0.466. The smallest absolute Gasteiger partial charge is 0.0814 e. The SMILES string of the molecule is B.c1cn[nH]c1.c1cn[nH]c1.c1cn[nH]c1. The second-order valence-corrected chi connectivity index (χ2v) is 2.30. The van der Waals surface area contributed by atoms with Crippen LogP contribution in [0.15, 0.2) is 55.4 Å². The van der Waals surface area contributed by atoms with E-state index in [0.29, 0.717) is 0 Å². The lowest BCUT2D eigenvalue weighted by Gasteiger charge is -1.49. The van der Waals surface area contributed by atoms with Crippen molar-refractivity contribution in [2.24, 2.45) is 0 Å². The molecule has 16 heavy (non-hydrogen) atoms. The van der Waals surface area contributed by atoms with Gasteiger partial charge in [-0.2, -0.15) is 15.3 Å². The van der Waals surface area contributed by atoms with Crippen molar-refractivity contribution in [3.05, 3.63) is 55.4 Å². The highest BCUT2D eigenvalue weighted by Gasteiger charge is 1.57. The Labute approximate surface area is 95.1 Å². The summed E-state index contributed by atoms with van der Waals surface area (Å²) in [6.45, 7) is 0. The van der Waals surface area contributed by atoms with Gasteiger partial charge in [0.05, 0.1) is 8.41 Å². The first-order valence-corrected chi connectivity index (χ1v) is 4.31. The van der Waals surface area contributed by atoms with Crippen LogP contribution in [0.4, 0.5) is 0 Å². The van der Waals surface area contributed by atoms with E-state index in [1.807, 2.05) is 18.2 Å². The van der Waals surface area contributed by atoms with Gasteiger partial charge in [0.2, 0.25) is 0 Å². The lowest BCUT2D eigenvalue weighted by atomic mass is 10.8. The molecule has 0 amide bonds. The molecular weight excluding hydrogens is 203 g/mol. The molecule has 3 aromatic rings. The van der Waals surface area contributed by atoms with Crippen LogP contribution in [0.2, 0.25) is 0 Å². The average molecular weight is 218 g/mol. The molecule has 0 saturated heterocycles. The Morgan fingerprint density at radius 2 is 0.875 bits per heavy atom. The third kappa shape index (κ3) is 8.30. The summed E-state index contributed by atoms with van der Waals surface area (Å²) in [5.74, 6) is 0. The van der Waals surface area contributed by atoms with Crippen molar-refractivity contribution in [3.8, 4) is 0 Å². The minimum atomic E-state index is 0. The summed E-state index contributed by atoms with van der Waals surface area (Å²) in [6.07, 6.45) is 10.4. The maximum Gasteiger partial charge on any atom is 0.0814 e. The van der Waals surface area contributed by atoms with Gasteiger partial charge in [-0.1, -0.05) is 0 Å². The predicted octanol–water partition coefficient (Wildman–Crippen LogP) is 0.0452. The summed E-state index contributed by atoms with van der Waals surface area (Å²) in [4.78, 5) is 0. The van der Waals surface area contributed by atoms with E-state index >= 15 is 0 Å². The molecular formula is C9H15BN6. The van der Waals surface area contributed by atoms with Crippen molar-refractivity contribution < 1.29 is 0 Å². The number of hydrogen-bond acceptors (Lipinski definition) is 3. The number of aromatic nitrogens is 6. The second kappa shape index (κ2) is 10.8. The molecule has 3 aromatic heterocycles. The molecule has 7 heteroatoms. The lowest BCUT2D eigenvalue weighted by molar-refractivity contribution is 1.09. The molecule has 3 heterocycles. The summed E-state index contributed by atoms with van der Waals surface area (Å²) in [5.41, 5.74) is 0. The molecule has 0 spiro atoms. The Kier molecular flexibility index (Phi) is 9.22. The van der Waals surface area contributed by atoms with Crippen LogP contribution in [0.5, 0.6) is 0 Å². The lowest BCUT2D eigenvalue weighted by Crippen LogP contribution is -1.53. The maximum atomic E-state index is 3.60. The highest BCUT2D eigenvalue weighted by Crippen LogP contribution is 1.65. The zero-order valence-electron chi connectivity index (χ0n) is 8.04. The van der Waals surface area contributed by atoms with Crippen molar-refractivity contribution in [1.82, 2.24) is 30.6 Å². The Balaban J connectivity index is 0.000000205. The number of nitrogens with zero attached hydrogens (tertiary/aromatic N) is 3. The van der Waals surface area contributed by atoms with Gasteiger partial charge in [0.25, 0.3) is 0 Å². The van der Waals surface area contributed by atoms with Crippen molar-refractivity contribution >= 4 is 8.41 Å². The maximum absolute atomic E-state index is 3.60. The zero-order chi connectivity index (χ0) is 10.6. The monoisotopic (exact) mass is 218 g/mol. The van der Waals surface area contributed by atoms with E-state index in [4.69, 9.17) is 0 Å². The summed E-state index contributed by atoms with van der Waals surface area (Å²) >= 11 is 0. The van der Waals surface area contributed by atoms with Gasteiger partial charge in [-0.3, -0.25) is 15.3 Å². The second-order valence-electron chi connectivity index (χ2n) is 2.30. The molecule has 0 aliphatic heterocycles. The molecule has 0 unspecified atom stereocenters. The molecule has 0 fully saturated rings.